The van der Waals surface area contributed by atoms with Crippen LogP contribution in [0, 0.1) is 0 Å². The minimum atomic E-state index is -0.227. The van der Waals surface area contributed by atoms with Gasteiger partial charge in [-0.3, -0.25) is 0 Å². The van der Waals surface area contributed by atoms with E-state index in [2.05, 4.69) is 15.5 Å². The molecular weight excluding hydrogens is 282 g/mol. The summed E-state index contributed by atoms with van der Waals surface area (Å²) >= 11 is 1.57. The van der Waals surface area contributed by atoms with Gasteiger partial charge in [-0.25, -0.2) is 9.48 Å². The van der Waals surface area contributed by atoms with Crippen LogP contribution >= 0.6 is 11.8 Å². The highest BCUT2D eigenvalue weighted by Gasteiger charge is 2.23. The van der Waals surface area contributed by atoms with Gasteiger partial charge in [0.1, 0.15) is 6.61 Å². The second-order valence-corrected chi connectivity index (χ2v) is 5.76. The third-order valence-corrected chi connectivity index (χ3v) is 4.35. The van der Waals surface area contributed by atoms with Gasteiger partial charge in [-0.2, -0.15) is 0 Å². The molecule has 2 aliphatic rings. The van der Waals surface area contributed by atoms with E-state index in [1.807, 2.05) is 4.68 Å². The van der Waals surface area contributed by atoms with Crippen LogP contribution in [-0.4, -0.2) is 69.9 Å². The molecule has 1 amide bonds. The number of tetrazole rings is 1. The van der Waals surface area contributed by atoms with Crippen LogP contribution in [0.5, 0.6) is 0 Å². The lowest BCUT2D eigenvalue weighted by molar-refractivity contribution is 0.0631. The first kappa shape index (κ1) is 13.6. The van der Waals surface area contributed by atoms with Crippen molar-refractivity contribution in [3.63, 3.8) is 0 Å². The van der Waals surface area contributed by atoms with Crippen LogP contribution in [0.3, 0.4) is 0 Å². The molecule has 0 aromatic carbocycles. The fourth-order valence-electron chi connectivity index (χ4n) is 2.32. The lowest BCUT2D eigenvalue weighted by Crippen LogP contribution is -2.27. The monoisotopic (exact) mass is 299 g/mol. The van der Waals surface area contributed by atoms with Crippen LogP contribution < -0.4 is 0 Å². The fraction of sp³-hybridized carbons (Fsp3) is 0.818. The number of cyclic esters (lactones) is 1. The molecule has 0 aliphatic carbocycles. The molecule has 9 heteroatoms. The van der Waals surface area contributed by atoms with Crippen molar-refractivity contribution in [1.29, 1.82) is 0 Å². The SMILES string of the molecule is O=C1OCCN1CCSc1nnnn1C1CCOCC1. The molecule has 0 N–H and O–H groups in total. The molecule has 3 rings (SSSR count). The van der Waals surface area contributed by atoms with Crippen LogP contribution in [-0.2, 0) is 9.47 Å². The summed E-state index contributed by atoms with van der Waals surface area (Å²) in [7, 11) is 0. The summed E-state index contributed by atoms with van der Waals surface area (Å²) in [6.45, 7) is 3.33. The van der Waals surface area contributed by atoms with E-state index in [0.29, 0.717) is 25.7 Å². The molecule has 1 aromatic heterocycles. The zero-order valence-corrected chi connectivity index (χ0v) is 11.9. The smallest absolute Gasteiger partial charge is 0.409 e. The fourth-order valence-corrected chi connectivity index (χ4v) is 3.22. The zero-order valence-electron chi connectivity index (χ0n) is 11.1. The molecule has 8 nitrogen and oxygen atoms in total. The van der Waals surface area contributed by atoms with E-state index in [4.69, 9.17) is 9.47 Å². The molecule has 0 radical (unpaired) electrons. The number of hydrogen-bond acceptors (Lipinski definition) is 7. The summed E-state index contributed by atoms with van der Waals surface area (Å²) in [5, 5.41) is 12.7. The summed E-state index contributed by atoms with van der Waals surface area (Å²) in [4.78, 5) is 13.0. The summed E-state index contributed by atoms with van der Waals surface area (Å²) in [6.07, 6.45) is 1.66. The molecule has 1 aromatic rings. The molecule has 0 unspecified atom stereocenters. The van der Waals surface area contributed by atoms with Gasteiger partial charge in [0.2, 0.25) is 5.16 Å². The second kappa shape index (κ2) is 6.40. The second-order valence-electron chi connectivity index (χ2n) is 4.70. The molecule has 3 heterocycles. The van der Waals surface area contributed by atoms with Crippen LogP contribution in [0.15, 0.2) is 5.16 Å². The van der Waals surface area contributed by atoms with E-state index in [0.717, 1.165) is 37.0 Å². The van der Waals surface area contributed by atoms with Gasteiger partial charge in [0.15, 0.2) is 0 Å². The number of nitrogens with zero attached hydrogens (tertiary/aromatic N) is 5. The first-order valence-corrected chi connectivity index (χ1v) is 7.73. The van der Waals surface area contributed by atoms with Crippen molar-refractivity contribution in [1.82, 2.24) is 25.1 Å². The number of thioether (sulfide) groups is 1. The van der Waals surface area contributed by atoms with Gasteiger partial charge in [0.25, 0.3) is 0 Å². The number of hydrogen-bond donors (Lipinski definition) is 0. The molecule has 2 fully saturated rings. The van der Waals surface area contributed by atoms with Gasteiger partial charge in [-0.15, -0.1) is 5.10 Å². The summed E-state index contributed by atoms with van der Waals surface area (Å²) < 4.78 is 12.1. The Kier molecular flexibility index (Phi) is 4.36. The minimum absolute atomic E-state index is 0.227. The third kappa shape index (κ3) is 3.04. The summed E-state index contributed by atoms with van der Waals surface area (Å²) in [5.41, 5.74) is 0. The van der Waals surface area contributed by atoms with E-state index >= 15 is 0 Å². The van der Waals surface area contributed by atoms with Crippen molar-refractivity contribution in [2.45, 2.75) is 24.0 Å². The quantitative estimate of drug-likeness (QED) is 0.735. The predicted molar refractivity (Wildman–Crippen MR) is 70.6 cm³/mol. The molecule has 0 saturated carbocycles. The van der Waals surface area contributed by atoms with Gasteiger partial charge in [0.05, 0.1) is 12.6 Å². The number of rotatable bonds is 5. The molecule has 2 saturated heterocycles. The van der Waals surface area contributed by atoms with E-state index in [-0.39, 0.29) is 6.09 Å². The van der Waals surface area contributed by atoms with E-state index in [9.17, 15) is 4.79 Å². The largest absolute Gasteiger partial charge is 0.448 e. The van der Waals surface area contributed by atoms with Gasteiger partial charge in [-0.05, 0) is 23.3 Å². The molecule has 110 valence electrons. The van der Waals surface area contributed by atoms with Crippen molar-refractivity contribution >= 4 is 17.9 Å². The van der Waals surface area contributed by atoms with Crippen molar-refractivity contribution < 1.29 is 14.3 Å². The first-order chi connectivity index (χ1) is 9.84. The van der Waals surface area contributed by atoms with Crippen molar-refractivity contribution in [3.05, 3.63) is 0 Å². The van der Waals surface area contributed by atoms with Gasteiger partial charge < -0.3 is 14.4 Å². The molecule has 0 bridgehead atoms. The van der Waals surface area contributed by atoms with Crippen molar-refractivity contribution in [2.24, 2.45) is 0 Å². The van der Waals surface area contributed by atoms with Crippen LogP contribution in [0.4, 0.5) is 4.79 Å². The molecule has 2 aliphatic heterocycles. The number of carbonyl (C=O) groups excluding carboxylic acids is 1. The third-order valence-electron chi connectivity index (χ3n) is 3.44. The Hall–Kier alpha value is -1.35. The average molecular weight is 299 g/mol. The number of ether oxygens (including phenoxy) is 2. The number of amides is 1. The normalized spacial score (nSPS) is 20.4. The van der Waals surface area contributed by atoms with Gasteiger partial charge in [-0.1, -0.05) is 11.8 Å². The van der Waals surface area contributed by atoms with Crippen LogP contribution in [0.25, 0.3) is 0 Å². The van der Waals surface area contributed by atoms with Gasteiger partial charge >= 0.3 is 6.09 Å². The van der Waals surface area contributed by atoms with E-state index in [1.54, 1.807) is 16.7 Å². The Bertz CT molecular complexity index is 463. The molecular formula is C11H17N5O3S. The van der Waals surface area contributed by atoms with E-state index < -0.39 is 0 Å². The maximum atomic E-state index is 11.3. The van der Waals surface area contributed by atoms with Crippen LogP contribution in [0.1, 0.15) is 18.9 Å². The predicted octanol–water partition coefficient (Wildman–Crippen LogP) is 0.569. The lowest BCUT2D eigenvalue weighted by Gasteiger charge is -2.22. The first-order valence-electron chi connectivity index (χ1n) is 6.75. The molecule has 20 heavy (non-hydrogen) atoms. The topological polar surface area (TPSA) is 82.4 Å². The highest BCUT2D eigenvalue weighted by Crippen LogP contribution is 2.25. The summed E-state index contributed by atoms with van der Waals surface area (Å²) in [5.74, 6) is 0.763. The van der Waals surface area contributed by atoms with Gasteiger partial charge in [0, 0.05) is 25.5 Å². The number of carbonyl (C=O) groups is 1. The maximum Gasteiger partial charge on any atom is 0.409 e. The minimum Gasteiger partial charge on any atom is -0.448 e. The standard InChI is InChI=1S/C11H17N5O3S/c17-11-15(3-7-19-11)4-8-20-10-12-13-14-16(10)9-1-5-18-6-2-9/h9H,1-8H2. The lowest BCUT2D eigenvalue weighted by atomic mass is 10.1. The Morgan fingerprint density at radius 3 is 2.90 bits per heavy atom. The number of aromatic nitrogens is 4. The Balaban J connectivity index is 1.52. The zero-order chi connectivity index (χ0) is 13.8. The molecule has 0 atom stereocenters. The highest BCUT2D eigenvalue weighted by molar-refractivity contribution is 7.99. The van der Waals surface area contributed by atoms with E-state index in [1.165, 1.54) is 0 Å². The molecule has 0 spiro atoms. The van der Waals surface area contributed by atoms with Crippen molar-refractivity contribution in [3.8, 4) is 0 Å². The summed E-state index contributed by atoms with van der Waals surface area (Å²) in [6, 6.07) is 0.318. The Morgan fingerprint density at radius 1 is 1.30 bits per heavy atom. The highest BCUT2D eigenvalue weighted by atomic mass is 32.2. The van der Waals surface area contributed by atoms with Crippen LogP contribution in [0.2, 0.25) is 0 Å². The Labute approximate surface area is 120 Å². The maximum absolute atomic E-state index is 11.3. The average Bonchev–Trinajstić information content (AvgIpc) is 3.10. The van der Waals surface area contributed by atoms with Crippen molar-refractivity contribution in [2.75, 3.05) is 38.7 Å². The Morgan fingerprint density at radius 2 is 2.15 bits per heavy atom.